The maximum Gasteiger partial charge on any atom is 0.222 e. The molecule has 0 aliphatic carbocycles. The maximum absolute atomic E-state index is 8.62. The minimum Gasteiger partial charge on any atom is -0.235 e. The summed E-state index contributed by atoms with van der Waals surface area (Å²) in [6.45, 7) is 6.90. The number of rotatable bonds is 1. The fraction of sp³-hybridized carbons (Fsp3) is 0. The first kappa shape index (κ1) is 9.52. The van der Waals surface area contributed by atoms with E-state index in [2.05, 4.69) is 4.85 Å². The summed E-state index contributed by atoms with van der Waals surface area (Å²) in [6, 6.07) is 12.1. The van der Waals surface area contributed by atoms with Crippen LogP contribution in [0.3, 0.4) is 0 Å². The number of hydrogen-bond donors (Lipinski definition) is 0. The van der Waals surface area contributed by atoms with Crippen LogP contribution in [0.5, 0.6) is 0 Å². The Balaban J connectivity index is 3.36. The number of allylic oxidation sites excluding steroid dienone is 1. The molecule has 1 aromatic rings. The SMILES string of the molecule is [C-]#[N+]C(=C(C#N)C#N)c1ccccc1. The van der Waals surface area contributed by atoms with E-state index in [9.17, 15) is 0 Å². The van der Waals surface area contributed by atoms with Gasteiger partial charge in [0.25, 0.3) is 0 Å². The van der Waals surface area contributed by atoms with Gasteiger partial charge >= 0.3 is 0 Å². The summed E-state index contributed by atoms with van der Waals surface area (Å²) in [5.74, 6) is 0. The molecule has 0 aliphatic rings. The third kappa shape index (κ3) is 1.78. The van der Waals surface area contributed by atoms with Crippen molar-refractivity contribution in [1.82, 2.24) is 0 Å². The maximum atomic E-state index is 8.62. The van der Waals surface area contributed by atoms with E-state index in [1.807, 2.05) is 6.07 Å². The molecule has 0 atom stereocenters. The van der Waals surface area contributed by atoms with Crippen molar-refractivity contribution in [2.45, 2.75) is 0 Å². The summed E-state index contributed by atoms with van der Waals surface area (Å²) in [4.78, 5) is 3.18. The summed E-state index contributed by atoms with van der Waals surface area (Å²) in [6.07, 6.45) is 0. The molecule has 1 aromatic carbocycles. The second kappa shape index (κ2) is 4.45. The Labute approximate surface area is 82.0 Å². The summed E-state index contributed by atoms with van der Waals surface area (Å²) in [5.41, 5.74) is 0.558. The van der Waals surface area contributed by atoms with E-state index in [-0.39, 0.29) is 11.3 Å². The van der Waals surface area contributed by atoms with E-state index in [1.165, 1.54) is 0 Å². The summed E-state index contributed by atoms with van der Waals surface area (Å²) >= 11 is 0. The van der Waals surface area contributed by atoms with Gasteiger partial charge in [-0.15, -0.1) is 0 Å². The minimum absolute atomic E-state index is 0.107. The zero-order chi connectivity index (χ0) is 10.4. The summed E-state index contributed by atoms with van der Waals surface area (Å²) in [7, 11) is 0. The van der Waals surface area contributed by atoms with E-state index in [4.69, 9.17) is 17.1 Å². The van der Waals surface area contributed by atoms with Crippen LogP contribution in [0.25, 0.3) is 10.5 Å². The quantitative estimate of drug-likeness (QED) is 0.490. The number of nitriles is 2. The fourth-order valence-corrected chi connectivity index (χ4v) is 0.992. The predicted molar refractivity (Wildman–Crippen MR) is 51.2 cm³/mol. The molecule has 0 radical (unpaired) electrons. The smallest absolute Gasteiger partial charge is 0.222 e. The van der Waals surface area contributed by atoms with Gasteiger partial charge < -0.3 is 0 Å². The van der Waals surface area contributed by atoms with E-state index >= 15 is 0 Å². The van der Waals surface area contributed by atoms with Crippen molar-refractivity contribution in [2.24, 2.45) is 0 Å². The molecule has 3 heteroatoms. The highest BCUT2D eigenvalue weighted by Crippen LogP contribution is 2.19. The number of hydrogen-bond acceptors (Lipinski definition) is 2. The van der Waals surface area contributed by atoms with Crippen LogP contribution in [0.2, 0.25) is 0 Å². The van der Waals surface area contributed by atoms with Crippen molar-refractivity contribution >= 4 is 5.70 Å². The normalized spacial score (nSPS) is 7.79. The second-order valence-corrected chi connectivity index (χ2v) is 2.43. The van der Waals surface area contributed by atoms with Gasteiger partial charge in [0.15, 0.2) is 0 Å². The average Bonchev–Trinajstić information content (AvgIpc) is 2.27. The first-order valence-electron chi connectivity index (χ1n) is 3.81. The molecule has 14 heavy (non-hydrogen) atoms. The highest BCUT2D eigenvalue weighted by Gasteiger charge is 2.07. The molecule has 0 fully saturated rings. The highest BCUT2D eigenvalue weighted by molar-refractivity contribution is 5.79. The summed E-state index contributed by atoms with van der Waals surface area (Å²) < 4.78 is 0. The molecule has 64 valence electrons. The Kier molecular flexibility index (Phi) is 3.03. The lowest BCUT2D eigenvalue weighted by Crippen LogP contribution is -1.83. The largest absolute Gasteiger partial charge is 0.235 e. The Morgan fingerprint density at radius 2 is 1.71 bits per heavy atom. The molecule has 0 unspecified atom stereocenters. The van der Waals surface area contributed by atoms with E-state index in [0.29, 0.717) is 5.56 Å². The van der Waals surface area contributed by atoms with Crippen LogP contribution < -0.4 is 0 Å². The molecule has 0 N–H and O–H groups in total. The van der Waals surface area contributed by atoms with Crippen LogP contribution in [0.15, 0.2) is 35.9 Å². The predicted octanol–water partition coefficient (Wildman–Crippen LogP) is 2.36. The van der Waals surface area contributed by atoms with Crippen LogP contribution >= 0.6 is 0 Å². The van der Waals surface area contributed by atoms with Crippen molar-refractivity contribution in [3.63, 3.8) is 0 Å². The zero-order valence-electron chi connectivity index (χ0n) is 7.23. The van der Waals surface area contributed by atoms with Gasteiger partial charge in [0.05, 0.1) is 18.7 Å². The van der Waals surface area contributed by atoms with Crippen molar-refractivity contribution in [3.8, 4) is 12.1 Å². The molecule has 0 aromatic heterocycles. The molecular formula is C11H5N3. The molecule has 0 aliphatic heterocycles. The monoisotopic (exact) mass is 179 g/mol. The Bertz CT molecular complexity index is 462. The van der Waals surface area contributed by atoms with Crippen molar-refractivity contribution < 1.29 is 0 Å². The molecule has 0 heterocycles. The van der Waals surface area contributed by atoms with E-state index in [0.717, 1.165) is 0 Å². The molecule has 0 amide bonds. The Morgan fingerprint density at radius 3 is 2.14 bits per heavy atom. The highest BCUT2D eigenvalue weighted by atomic mass is 14.7. The van der Waals surface area contributed by atoms with Gasteiger partial charge in [-0.2, -0.15) is 10.5 Å². The lowest BCUT2D eigenvalue weighted by molar-refractivity contribution is 1.46. The van der Waals surface area contributed by atoms with Crippen LogP contribution in [0.1, 0.15) is 5.56 Å². The van der Waals surface area contributed by atoms with Gasteiger partial charge in [0.2, 0.25) is 5.70 Å². The van der Waals surface area contributed by atoms with Crippen molar-refractivity contribution in [1.29, 1.82) is 10.5 Å². The Hall–Kier alpha value is -2.57. The van der Waals surface area contributed by atoms with Gasteiger partial charge in [-0.3, -0.25) is 0 Å². The van der Waals surface area contributed by atoms with Gasteiger partial charge in [0, 0.05) is 0 Å². The second-order valence-electron chi connectivity index (χ2n) is 2.43. The first-order chi connectivity index (χ1) is 6.83. The minimum atomic E-state index is -0.147. The molecule has 3 nitrogen and oxygen atoms in total. The van der Waals surface area contributed by atoms with Crippen LogP contribution in [0.4, 0.5) is 0 Å². The van der Waals surface area contributed by atoms with Crippen molar-refractivity contribution in [3.05, 3.63) is 52.9 Å². The van der Waals surface area contributed by atoms with E-state index < -0.39 is 0 Å². The molecule has 0 spiro atoms. The lowest BCUT2D eigenvalue weighted by atomic mass is 10.1. The average molecular weight is 179 g/mol. The topological polar surface area (TPSA) is 51.9 Å². The van der Waals surface area contributed by atoms with Crippen molar-refractivity contribution in [2.75, 3.05) is 0 Å². The zero-order valence-corrected chi connectivity index (χ0v) is 7.23. The van der Waals surface area contributed by atoms with Crippen LogP contribution in [-0.4, -0.2) is 0 Å². The van der Waals surface area contributed by atoms with Gasteiger partial charge in [-0.25, -0.2) is 4.85 Å². The van der Waals surface area contributed by atoms with Crippen LogP contribution in [0, 0.1) is 29.2 Å². The van der Waals surface area contributed by atoms with E-state index in [1.54, 1.807) is 36.4 Å². The third-order valence-corrected chi connectivity index (χ3v) is 1.62. The van der Waals surface area contributed by atoms with Crippen LogP contribution in [-0.2, 0) is 0 Å². The molecule has 0 bridgehead atoms. The van der Waals surface area contributed by atoms with Gasteiger partial charge in [0.1, 0.15) is 5.57 Å². The summed E-state index contributed by atoms with van der Waals surface area (Å²) in [5, 5.41) is 17.2. The third-order valence-electron chi connectivity index (χ3n) is 1.62. The standard InChI is InChI=1S/C11H5N3/c1-14-11(10(7-12)8-13)9-5-3-2-4-6-9/h2-6H. The lowest BCUT2D eigenvalue weighted by Gasteiger charge is -1.96. The Morgan fingerprint density at radius 1 is 1.14 bits per heavy atom. The number of nitrogens with zero attached hydrogens (tertiary/aromatic N) is 3. The van der Waals surface area contributed by atoms with Gasteiger partial charge in [-0.05, 0) is 5.56 Å². The molecule has 1 rings (SSSR count). The fourth-order valence-electron chi connectivity index (χ4n) is 0.992. The van der Waals surface area contributed by atoms with Gasteiger partial charge in [-0.1, -0.05) is 30.3 Å². The molecule has 0 saturated heterocycles. The first-order valence-corrected chi connectivity index (χ1v) is 3.81. The molecular weight excluding hydrogens is 174 g/mol. The molecule has 0 saturated carbocycles. The number of benzene rings is 1.